The van der Waals surface area contributed by atoms with E-state index < -0.39 is 4.92 Å². The first-order valence-corrected chi connectivity index (χ1v) is 8.50. The fraction of sp³-hybridized carbons (Fsp3) is 0.353. The number of amides is 1. The highest BCUT2D eigenvalue weighted by Crippen LogP contribution is 2.33. The van der Waals surface area contributed by atoms with Crippen LogP contribution in [0.3, 0.4) is 0 Å². The van der Waals surface area contributed by atoms with Crippen LogP contribution >= 0.6 is 11.6 Å². The summed E-state index contributed by atoms with van der Waals surface area (Å²) >= 11 is 5.82. The number of hydrogen-bond acceptors (Lipinski definition) is 5. The Morgan fingerprint density at radius 2 is 2.16 bits per heavy atom. The van der Waals surface area contributed by atoms with Crippen LogP contribution in [0.4, 0.5) is 5.69 Å². The molecule has 2 aliphatic rings. The normalized spacial score (nSPS) is 24.4. The molecule has 25 heavy (non-hydrogen) atoms. The number of benzene rings is 1. The monoisotopic (exact) mass is 361 g/mol. The molecule has 2 bridgehead atoms. The maximum absolute atomic E-state index is 12.4. The highest BCUT2D eigenvalue weighted by atomic mass is 35.5. The molecule has 0 saturated carbocycles. The molecule has 1 amide bonds. The molecular formula is C17H16ClN3O4. The van der Waals surface area contributed by atoms with Crippen LogP contribution < -0.4 is 10.6 Å². The maximum atomic E-state index is 12.4. The average molecular weight is 362 g/mol. The van der Waals surface area contributed by atoms with E-state index in [0.717, 1.165) is 19.3 Å². The van der Waals surface area contributed by atoms with Crippen molar-refractivity contribution in [2.75, 3.05) is 0 Å². The molecule has 8 heteroatoms. The van der Waals surface area contributed by atoms with Gasteiger partial charge in [-0.05, 0) is 43.5 Å². The maximum Gasteiger partial charge on any atom is 0.287 e. The Morgan fingerprint density at radius 1 is 1.32 bits per heavy atom. The summed E-state index contributed by atoms with van der Waals surface area (Å²) in [6.07, 6.45) is 3.14. The second kappa shape index (κ2) is 6.16. The lowest BCUT2D eigenvalue weighted by molar-refractivity contribution is -0.384. The van der Waals surface area contributed by atoms with E-state index in [2.05, 4.69) is 10.6 Å². The Balaban J connectivity index is 1.54. The van der Waals surface area contributed by atoms with Crippen molar-refractivity contribution >= 4 is 23.2 Å². The molecule has 3 heterocycles. The lowest BCUT2D eigenvalue weighted by Crippen LogP contribution is -2.42. The van der Waals surface area contributed by atoms with E-state index in [1.807, 2.05) is 0 Å². The van der Waals surface area contributed by atoms with Gasteiger partial charge in [0.05, 0.1) is 10.5 Å². The van der Waals surface area contributed by atoms with Gasteiger partial charge in [-0.3, -0.25) is 14.9 Å². The molecule has 2 N–H and O–H groups in total. The minimum absolute atomic E-state index is 0.102. The lowest BCUT2D eigenvalue weighted by atomic mass is 9.95. The average Bonchev–Trinajstić information content (AvgIpc) is 3.31. The zero-order chi connectivity index (χ0) is 17.6. The number of nitro groups is 1. The summed E-state index contributed by atoms with van der Waals surface area (Å²) in [5.41, 5.74) is 0.126. The first kappa shape index (κ1) is 16.1. The van der Waals surface area contributed by atoms with Crippen LogP contribution in [0.5, 0.6) is 0 Å². The molecule has 130 valence electrons. The fourth-order valence-corrected chi connectivity index (χ4v) is 3.86. The molecule has 0 radical (unpaired) electrons. The zero-order valence-corrected chi connectivity index (χ0v) is 14.0. The third-order valence-electron chi connectivity index (χ3n) is 4.87. The molecule has 4 rings (SSSR count). The van der Waals surface area contributed by atoms with Gasteiger partial charge in [0, 0.05) is 29.2 Å². The van der Waals surface area contributed by atoms with Crippen molar-refractivity contribution in [3.05, 3.63) is 51.2 Å². The number of nitrogens with zero attached hydrogens (tertiary/aromatic N) is 1. The van der Waals surface area contributed by atoms with Crippen LogP contribution in [0, 0.1) is 10.1 Å². The fourth-order valence-electron chi connectivity index (χ4n) is 3.69. The summed E-state index contributed by atoms with van der Waals surface area (Å²) in [4.78, 5) is 23.1. The largest absolute Gasteiger partial charge is 0.451 e. The summed E-state index contributed by atoms with van der Waals surface area (Å²) in [5.74, 6) is 0.101. The highest BCUT2D eigenvalue weighted by Gasteiger charge is 2.40. The summed E-state index contributed by atoms with van der Waals surface area (Å²) in [6.45, 7) is 0. The quantitative estimate of drug-likeness (QED) is 0.644. The Kier molecular flexibility index (Phi) is 3.97. The van der Waals surface area contributed by atoms with Gasteiger partial charge in [-0.25, -0.2) is 0 Å². The van der Waals surface area contributed by atoms with Gasteiger partial charge in [0.1, 0.15) is 5.76 Å². The van der Waals surface area contributed by atoms with E-state index in [1.165, 1.54) is 18.2 Å². The Morgan fingerprint density at radius 3 is 2.84 bits per heavy atom. The van der Waals surface area contributed by atoms with E-state index >= 15 is 0 Å². The highest BCUT2D eigenvalue weighted by molar-refractivity contribution is 6.30. The van der Waals surface area contributed by atoms with Crippen molar-refractivity contribution in [1.29, 1.82) is 0 Å². The SMILES string of the molecule is O=C(N[C@@H]1C[C@H]2CC[C@@H]1N2)c1ccc(-c2ccc(Cl)cc2[N+](=O)[O-])o1. The molecular weight excluding hydrogens is 346 g/mol. The smallest absolute Gasteiger partial charge is 0.287 e. The number of carbonyl (C=O) groups is 1. The van der Waals surface area contributed by atoms with Gasteiger partial charge in [0.2, 0.25) is 0 Å². The molecule has 7 nitrogen and oxygen atoms in total. The summed E-state index contributed by atoms with van der Waals surface area (Å²) in [5, 5.41) is 17.9. The third-order valence-corrected chi connectivity index (χ3v) is 5.10. The molecule has 0 spiro atoms. The zero-order valence-electron chi connectivity index (χ0n) is 13.2. The van der Waals surface area contributed by atoms with Crippen molar-refractivity contribution < 1.29 is 14.1 Å². The van der Waals surface area contributed by atoms with Gasteiger partial charge >= 0.3 is 0 Å². The molecule has 0 unspecified atom stereocenters. The van der Waals surface area contributed by atoms with Crippen LogP contribution in [-0.4, -0.2) is 29.0 Å². The minimum Gasteiger partial charge on any atom is -0.451 e. The Hall–Kier alpha value is -2.38. The molecule has 2 fully saturated rings. The number of carbonyl (C=O) groups excluding carboxylic acids is 1. The summed E-state index contributed by atoms with van der Waals surface area (Å²) in [7, 11) is 0. The number of fused-ring (bicyclic) bond motifs is 2. The summed E-state index contributed by atoms with van der Waals surface area (Å²) in [6, 6.07) is 8.33. The second-order valence-corrected chi connectivity index (χ2v) is 6.88. The van der Waals surface area contributed by atoms with Crippen molar-refractivity contribution in [2.24, 2.45) is 0 Å². The summed E-state index contributed by atoms with van der Waals surface area (Å²) < 4.78 is 5.57. The van der Waals surface area contributed by atoms with Crippen LogP contribution in [-0.2, 0) is 0 Å². The van der Waals surface area contributed by atoms with Crippen molar-refractivity contribution in [3.8, 4) is 11.3 Å². The van der Waals surface area contributed by atoms with Crippen molar-refractivity contribution in [3.63, 3.8) is 0 Å². The van der Waals surface area contributed by atoms with Crippen LogP contribution in [0.15, 0.2) is 34.7 Å². The molecule has 1 aromatic carbocycles. The standard InChI is InChI=1S/C17H16ClN3O4/c18-9-1-3-11(14(7-9)21(23)24)15-5-6-16(25-15)17(22)20-13-8-10-2-4-12(13)19-10/h1,3,5-7,10,12-13,19H,2,4,8H2,(H,20,22)/t10-,12+,13-/m1/s1. The number of nitrogens with one attached hydrogen (secondary N) is 2. The first-order chi connectivity index (χ1) is 12.0. The Labute approximate surface area is 148 Å². The lowest BCUT2D eigenvalue weighted by Gasteiger charge is -2.20. The molecule has 0 aliphatic carbocycles. The number of halogens is 1. The minimum atomic E-state index is -0.523. The second-order valence-electron chi connectivity index (χ2n) is 6.45. The van der Waals surface area contributed by atoms with Crippen LogP contribution in [0.2, 0.25) is 5.02 Å². The van der Waals surface area contributed by atoms with Crippen molar-refractivity contribution in [1.82, 2.24) is 10.6 Å². The predicted octanol–water partition coefficient (Wildman–Crippen LogP) is 3.13. The molecule has 3 atom stereocenters. The first-order valence-electron chi connectivity index (χ1n) is 8.12. The molecule has 2 saturated heterocycles. The van der Waals surface area contributed by atoms with Gasteiger partial charge in [-0.15, -0.1) is 0 Å². The number of rotatable bonds is 4. The van der Waals surface area contributed by atoms with Crippen LogP contribution in [0.25, 0.3) is 11.3 Å². The van der Waals surface area contributed by atoms with E-state index in [-0.39, 0.29) is 39.7 Å². The van der Waals surface area contributed by atoms with Crippen molar-refractivity contribution in [2.45, 2.75) is 37.4 Å². The van der Waals surface area contributed by atoms with Crippen LogP contribution in [0.1, 0.15) is 29.8 Å². The number of nitro benzene ring substituents is 1. The van der Waals surface area contributed by atoms with E-state index in [9.17, 15) is 14.9 Å². The predicted molar refractivity (Wildman–Crippen MR) is 91.6 cm³/mol. The van der Waals surface area contributed by atoms with Gasteiger partial charge in [0.15, 0.2) is 5.76 Å². The topological polar surface area (TPSA) is 97.4 Å². The number of furan rings is 1. The molecule has 2 aliphatic heterocycles. The van der Waals surface area contributed by atoms with E-state index in [0.29, 0.717) is 12.1 Å². The van der Waals surface area contributed by atoms with E-state index in [1.54, 1.807) is 12.1 Å². The van der Waals surface area contributed by atoms with E-state index in [4.69, 9.17) is 16.0 Å². The van der Waals surface area contributed by atoms with Gasteiger partial charge < -0.3 is 15.1 Å². The van der Waals surface area contributed by atoms with Gasteiger partial charge in [0.25, 0.3) is 11.6 Å². The van der Waals surface area contributed by atoms with Gasteiger partial charge in [-0.2, -0.15) is 0 Å². The number of hydrogen-bond donors (Lipinski definition) is 2. The third kappa shape index (κ3) is 3.01. The van der Waals surface area contributed by atoms with Gasteiger partial charge in [-0.1, -0.05) is 11.6 Å². The Bertz CT molecular complexity index is 850. The molecule has 2 aromatic rings. The molecule has 1 aromatic heterocycles.